The minimum atomic E-state index is 0.639. The molecule has 2 aliphatic rings. The molecule has 22 heavy (non-hydrogen) atoms. The summed E-state index contributed by atoms with van der Waals surface area (Å²) < 4.78 is 0. The van der Waals surface area contributed by atoms with E-state index in [1.54, 1.807) is 0 Å². The average Bonchev–Trinajstić information content (AvgIpc) is 2.99. The lowest BCUT2D eigenvalue weighted by molar-refractivity contribution is -0.00364. The molecule has 0 N–H and O–H groups in total. The van der Waals surface area contributed by atoms with Crippen LogP contribution in [-0.2, 0) is 0 Å². The molecule has 0 amide bonds. The third-order valence-corrected chi connectivity index (χ3v) is 8.32. The van der Waals surface area contributed by atoms with Crippen LogP contribution in [0.25, 0.3) is 0 Å². The van der Waals surface area contributed by atoms with E-state index in [1.165, 1.54) is 38.5 Å². The van der Waals surface area contributed by atoms with Crippen molar-refractivity contribution >= 4 is 0 Å². The molecular weight excluding hydrogens is 264 g/mol. The molecule has 0 aromatic heterocycles. The lowest BCUT2D eigenvalue weighted by Gasteiger charge is -2.50. The first kappa shape index (κ1) is 18.3. The number of hydrogen-bond acceptors (Lipinski definition) is 0. The lowest BCUT2D eigenvalue weighted by atomic mass is 9.55. The minimum absolute atomic E-state index is 0.639. The van der Waals surface area contributed by atoms with Crippen LogP contribution < -0.4 is 0 Å². The summed E-state index contributed by atoms with van der Waals surface area (Å²) in [6.45, 7) is 19.9. The predicted molar refractivity (Wildman–Crippen MR) is 98.9 cm³/mol. The zero-order chi connectivity index (χ0) is 16.7. The number of hydrogen-bond donors (Lipinski definition) is 0. The van der Waals surface area contributed by atoms with Crippen molar-refractivity contribution in [3.63, 3.8) is 0 Å². The van der Waals surface area contributed by atoms with Crippen molar-refractivity contribution in [2.24, 2.45) is 46.3 Å². The summed E-state index contributed by atoms with van der Waals surface area (Å²) in [6, 6.07) is 0. The maximum atomic E-state index is 2.54. The van der Waals surface area contributed by atoms with Crippen molar-refractivity contribution in [3.05, 3.63) is 0 Å². The van der Waals surface area contributed by atoms with Gasteiger partial charge in [-0.15, -0.1) is 0 Å². The van der Waals surface area contributed by atoms with Crippen molar-refractivity contribution < 1.29 is 0 Å². The first-order chi connectivity index (χ1) is 10.2. The van der Waals surface area contributed by atoms with Gasteiger partial charge in [-0.05, 0) is 78.4 Å². The molecule has 2 saturated carbocycles. The van der Waals surface area contributed by atoms with Crippen LogP contribution in [0.15, 0.2) is 0 Å². The molecule has 0 heterocycles. The topological polar surface area (TPSA) is 0 Å². The van der Waals surface area contributed by atoms with Gasteiger partial charge in [0.2, 0.25) is 0 Å². The lowest BCUT2D eigenvalue weighted by Crippen LogP contribution is -2.41. The van der Waals surface area contributed by atoms with Gasteiger partial charge in [-0.25, -0.2) is 0 Å². The molecule has 130 valence electrons. The van der Waals surface area contributed by atoms with E-state index in [2.05, 4.69) is 55.4 Å². The SMILES string of the molecule is CCC1C(C)C1(CC)CC(C)CC(C)C(C)C1(C)CC(C)C1. The molecule has 0 radical (unpaired) electrons. The standard InChI is InChI=1S/C22H42/c1-9-20-19(7)22(20,10-2)14-15(3)11-17(5)18(6)21(8)12-16(4)13-21/h15-20H,9-14H2,1-8H3. The van der Waals surface area contributed by atoms with Gasteiger partial charge in [0, 0.05) is 0 Å². The second-order valence-electron chi connectivity index (χ2n) is 9.87. The Bertz CT molecular complexity index is 364. The van der Waals surface area contributed by atoms with Crippen molar-refractivity contribution in [1.82, 2.24) is 0 Å². The Morgan fingerprint density at radius 3 is 2.05 bits per heavy atom. The van der Waals surface area contributed by atoms with Gasteiger partial charge >= 0.3 is 0 Å². The number of rotatable bonds is 8. The maximum Gasteiger partial charge on any atom is -0.0238 e. The van der Waals surface area contributed by atoms with E-state index in [9.17, 15) is 0 Å². The summed E-state index contributed by atoms with van der Waals surface area (Å²) in [5.41, 5.74) is 1.34. The maximum absolute atomic E-state index is 2.54. The third-order valence-electron chi connectivity index (χ3n) is 8.32. The van der Waals surface area contributed by atoms with Crippen LogP contribution in [-0.4, -0.2) is 0 Å². The quantitative estimate of drug-likeness (QED) is 0.445. The molecule has 2 fully saturated rings. The highest BCUT2D eigenvalue weighted by Crippen LogP contribution is 2.66. The molecule has 2 aliphatic carbocycles. The molecule has 0 aromatic rings. The highest BCUT2D eigenvalue weighted by atomic mass is 14.6. The van der Waals surface area contributed by atoms with Crippen LogP contribution in [0.1, 0.15) is 93.9 Å². The van der Waals surface area contributed by atoms with Crippen LogP contribution in [0, 0.1) is 46.3 Å². The minimum Gasteiger partial charge on any atom is -0.0651 e. The molecule has 2 rings (SSSR count). The zero-order valence-corrected chi connectivity index (χ0v) is 16.7. The summed E-state index contributed by atoms with van der Waals surface area (Å²) in [4.78, 5) is 0. The normalized spacial score (nSPS) is 45.0. The summed E-state index contributed by atoms with van der Waals surface area (Å²) in [6.07, 6.45) is 8.63. The first-order valence-electron chi connectivity index (χ1n) is 10.2. The fourth-order valence-electron chi connectivity index (χ4n) is 6.79. The van der Waals surface area contributed by atoms with Gasteiger partial charge in [-0.2, -0.15) is 0 Å². The van der Waals surface area contributed by atoms with Gasteiger partial charge in [0.25, 0.3) is 0 Å². The second kappa shape index (κ2) is 6.48. The molecule has 0 spiro atoms. The van der Waals surface area contributed by atoms with Gasteiger partial charge in [0.05, 0.1) is 0 Å². The molecule has 0 aromatic carbocycles. The molecule has 6 atom stereocenters. The molecule has 0 bridgehead atoms. The van der Waals surface area contributed by atoms with E-state index in [0.717, 1.165) is 35.5 Å². The molecule has 6 unspecified atom stereocenters. The summed E-state index contributed by atoms with van der Waals surface area (Å²) in [7, 11) is 0. The Kier molecular flexibility index (Phi) is 5.40. The first-order valence-corrected chi connectivity index (χ1v) is 10.2. The highest BCUT2D eigenvalue weighted by Gasteiger charge is 2.58. The van der Waals surface area contributed by atoms with Gasteiger partial charge < -0.3 is 0 Å². The zero-order valence-electron chi connectivity index (χ0n) is 16.7. The second-order valence-corrected chi connectivity index (χ2v) is 9.87. The van der Waals surface area contributed by atoms with Crippen LogP contribution in [0.4, 0.5) is 0 Å². The average molecular weight is 307 g/mol. The summed E-state index contributed by atoms with van der Waals surface area (Å²) in [5.74, 6) is 5.63. The van der Waals surface area contributed by atoms with Gasteiger partial charge in [0.1, 0.15) is 0 Å². The van der Waals surface area contributed by atoms with Gasteiger partial charge in [-0.3, -0.25) is 0 Å². The van der Waals surface area contributed by atoms with Gasteiger partial charge in [0.15, 0.2) is 0 Å². The molecule has 0 aliphatic heterocycles. The van der Waals surface area contributed by atoms with Crippen LogP contribution in [0.3, 0.4) is 0 Å². The summed E-state index contributed by atoms with van der Waals surface area (Å²) >= 11 is 0. The van der Waals surface area contributed by atoms with E-state index < -0.39 is 0 Å². The smallest absolute Gasteiger partial charge is 0.0238 e. The Balaban J connectivity index is 1.85. The van der Waals surface area contributed by atoms with E-state index >= 15 is 0 Å². The molecular formula is C22H42. The van der Waals surface area contributed by atoms with Crippen LogP contribution >= 0.6 is 0 Å². The van der Waals surface area contributed by atoms with Crippen molar-refractivity contribution in [1.29, 1.82) is 0 Å². The molecule has 0 saturated heterocycles. The van der Waals surface area contributed by atoms with Crippen molar-refractivity contribution in [3.8, 4) is 0 Å². The monoisotopic (exact) mass is 306 g/mol. The fourth-order valence-corrected chi connectivity index (χ4v) is 6.79. The molecule has 0 nitrogen and oxygen atoms in total. The largest absolute Gasteiger partial charge is 0.0651 e. The summed E-state index contributed by atoms with van der Waals surface area (Å²) in [5, 5.41) is 0. The van der Waals surface area contributed by atoms with Crippen LogP contribution in [0.5, 0.6) is 0 Å². The van der Waals surface area contributed by atoms with Gasteiger partial charge in [-0.1, -0.05) is 61.8 Å². The van der Waals surface area contributed by atoms with Crippen molar-refractivity contribution in [2.45, 2.75) is 93.9 Å². The Labute approximate surface area is 140 Å². The highest BCUT2D eigenvalue weighted by molar-refractivity contribution is 5.07. The predicted octanol–water partition coefficient (Wildman–Crippen LogP) is 7.18. The van der Waals surface area contributed by atoms with Crippen molar-refractivity contribution in [2.75, 3.05) is 0 Å². The van der Waals surface area contributed by atoms with E-state index in [0.29, 0.717) is 10.8 Å². The van der Waals surface area contributed by atoms with E-state index in [4.69, 9.17) is 0 Å². The molecule has 0 heteroatoms. The van der Waals surface area contributed by atoms with E-state index in [-0.39, 0.29) is 0 Å². The van der Waals surface area contributed by atoms with E-state index in [1.807, 2.05) is 0 Å². The Hall–Kier alpha value is 0. The third kappa shape index (κ3) is 3.13. The Morgan fingerprint density at radius 1 is 1.05 bits per heavy atom. The Morgan fingerprint density at radius 2 is 1.64 bits per heavy atom. The van der Waals surface area contributed by atoms with Crippen LogP contribution in [0.2, 0.25) is 0 Å². The fraction of sp³-hybridized carbons (Fsp3) is 1.00.